The number of unbranched alkanes of at least 4 members (excludes halogenated alkanes) is 1. The molecule has 42 heavy (non-hydrogen) atoms. The van der Waals surface area contributed by atoms with Gasteiger partial charge in [-0.2, -0.15) is 0 Å². The molecule has 6 rings (SSSR count). The lowest BCUT2D eigenvalue weighted by molar-refractivity contribution is 0.00661. The summed E-state index contributed by atoms with van der Waals surface area (Å²) in [6, 6.07) is 33.3. The van der Waals surface area contributed by atoms with E-state index in [1.54, 1.807) is 7.11 Å². The predicted octanol–water partition coefficient (Wildman–Crippen LogP) is 7.25. The van der Waals surface area contributed by atoms with Crippen molar-refractivity contribution in [3.63, 3.8) is 0 Å². The molecule has 1 fully saturated rings. The molecule has 1 saturated heterocycles. The molecule has 6 heteroatoms. The molecule has 1 aliphatic heterocycles. The highest BCUT2D eigenvalue weighted by molar-refractivity contribution is 9.10. The first-order chi connectivity index (χ1) is 20.5. The van der Waals surface area contributed by atoms with Crippen LogP contribution in [0.15, 0.2) is 102 Å². The Hall–Kier alpha value is -3.29. The van der Waals surface area contributed by atoms with Gasteiger partial charge in [-0.1, -0.05) is 82.7 Å². The SMILES string of the molecule is COc1nc2ccc(Br)cc2cc1C(c1ccccc1)C(O)(CCCCN1CCNCC1)c1ccc2ccccc2c1. The van der Waals surface area contributed by atoms with E-state index < -0.39 is 11.5 Å². The Balaban J connectivity index is 1.48. The third-order valence-electron chi connectivity index (χ3n) is 8.63. The van der Waals surface area contributed by atoms with Crippen molar-refractivity contribution in [1.29, 1.82) is 0 Å². The number of nitrogens with one attached hydrogen (secondary N) is 1. The van der Waals surface area contributed by atoms with Gasteiger partial charge in [-0.25, -0.2) is 4.98 Å². The van der Waals surface area contributed by atoms with Crippen LogP contribution in [0.1, 0.15) is 41.9 Å². The molecular formula is C36H38BrN3O2. The van der Waals surface area contributed by atoms with Crippen molar-refractivity contribution in [3.05, 3.63) is 118 Å². The quantitative estimate of drug-likeness (QED) is 0.160. The molecule has 0 amide bonds. The summed E-state index contributed by atoms with van der Waals surface area (Å²) in [5.41, 5.74) is 2.48. The third-order valence-corrected chi connectivity index (χ3v) is 9.12. The molecule has 0 bridgehead atoms. The number of fused-ring (bicyclic) bond motifs is 2. The van der Waals surface area contributed by atoms with Crippen LogP contribution in [0.4, 0.5) is 0 Å². The molecule has 2 atom stereocenters. The van der Waals surface area contributed by atoms with Gasteiger partial charge in [-0.05, 0) is 78.0 Å². The summed E-state index contributed by atoms with van der Waals surface area (Å²) >= 11 is 3.63. The van der Waals surface area contributed by atoms with E-state index in [4.69, 9.17) is 9.72 Å². The molecule has 0 saturated carbocycles. The van der Waals surface area contributed by atoms with Crippen LogP contribution in [0.5, 0.6) is 5.88 Å². The van der Waals surface area contributed by atoms with Gasteiger partial charge in [0.15, 0.2) is 0 Å². The fraction of sp³-hybridized carbons (Fsp3) is 0.306. The maximum Gasteiger partial charge on any atom is 0.217 e. The highest BCUT2D eigenvalue weighted by Crippen LogP contribution is 2.48. The van der Waals surface area contributed by atoms with Gasteiger partial charge < -0.3 is 20.1 Å². The van der Waals surface area contributed by atoms with Crippen LogP contribution in [0.3, 0.4) is 0 Å². The van der Waals surface area contributed by atoms with E-state index in [0.717, 1.165) is 88.4 Å². The second-order valence-electron chi connectivity index (χ2n) is 11.3. The molecule has 5 nitrogen and oxygen atoms in total. The van der Waals surface area contributed by atoms with Crippen LogP contribution in [-0.2, 0) is 5.60 Å². The number of halogens is 1. The number of nitrogens with zero attached hydrogens (tertiary/aromatic N) is 2. The second-order valence-corrected chi connectivity index (χ2v) is 12.2. The molecule has 2 heterocycles. The molecule has 0 radical (unpaired) electrons. The van der Waals surface area contributed by atoms with Gasteiger partial charge in [-0.3, -0.25) is 0 Å². The lowest BCUT2D eigenvalue weighted by Gasteiger charge is -2.38. The molecule has 2 N–H and O–H groups in total. The van der Waals surface area contributed by atoms with Gasteiger partial charge >= 0.3 is 0 Å². The van der Waals surface area contributed by atoms with Gasteiger partial charge in [0, 0.05) is 47.5 Å². The number of ether oxygens (including phenoxy) is 1. The van der Waals surface area contributed by atoms with Crippen molar-refractivity contribution in [1.82, 2.24) is 15.2 Å². The van der Waals surface area contributed by atoms with E-state index in [-0.39, 0.29) is 0 Å². The number of pyridine rings is 1. The number of rotatable bonds is 10. The maximum absolute atomic E-state index is 13.2. The summed E-state index contributed by atoms with van der Waals surface area (Å²) in [6.45, 7) is 5.29. The van der Waals surface area contributed by atoms with E-state index >= 15 is 0 Å². The van der Waals surface area contributed by atoms with Gasteiger partial charge in [0.25, 0.3) is 0 Å². The predicted molar refractivity (Wildman–Crippen MR) is 175 cm³/mol. The Morgan fingerprint density at radius 1 is 0.881 bits per heavy atom. The lowest BCUT2D eigenvalue weighted by Crippen LogP contribution is -2.43. The van der Waals surface area contributed by atoms with Crippen LogP contribution in [0.2, 0.25) is 0 Å². The smallest absolute Gasteiger partial charge is 0.217 e. The fourth-order valence-corrected chi connectivity index (χ4v) is 6.83. The van der Waals surface area contributed by atoms with Gasteiger partial charge in [0.1, 0.15) is 5.60 Å². The molecule has 1 aliphatic rings. The van der Waals surface area contributed by atoms with Crippen LogP contribution >= 0.6 is 15.9 Å². The largest absolute Gasteiger partial charge is 0.481 e. The van der Waals surface area contributed by atoms with Crippen LogP contribution in [0.25, 0.3) is 21.7 Å². The number of piperazine rings is 1. The van der Waals surface area contributed by atoms with Crippen LogP contribution < -0.4 is 10.1 Å². The zero-order valence-corrected chi connectivity index (χ0v) is 25.7. The maximum atomic E-state index is 13.2. The molecule has 0 aliphatic carbocycles. The standard InChI is InChI=1S/C36H38BrN3O2/c1-42-35-32(25-29-24-31(37)15-16-33(29)39-35)34(27-10-3-2-4-11-27)36(41,17-7-8-20-40-21-18-38-19-22-40)30-14-13-26-9-5-6-12-28(26)23-30/h2-6,9-16,23-25,34,38,41H,7-8,17-22H2,1H3. The normalized spacial score (nSPS) is 16.4. The number of aromatic nitrogens is 1. The van der Waals surface area contributed by atoms with Crippen molar-refractivity contribution in [2.24, 2.45) is 0 Å². The molecule has 1 aromatic heterocycles. The summed E-state index contributed by atoms with van der Waals surface area (Å²) in [5.74, 6) is 0.142. The number of hydrogen-bond donors (Lipinski definition) is 2. The summed E-state index contributed by atoms with van der Waals surface area (Å²) in [6.07, 6.45) is 2.53. The zero-order chi connectivity index (χ0) is 28.9. The minimum Gasteiger partial charge on any atom is -0.481 e. The minimum absolute atomic E-state index is 0.398. The van der Waals surface area contributed by atoms with E-state index in [2.05, 4.69) is 92.9 Å². The van der Waals surface area contributed by atoms with Crippen molar-refractivity contribution in [2.45, 2.75) is 30.8 Å². The highest BCUT2D eigenvalue weighted by atomic mass is 79.9. The summed E-state index contributed by atoms with van der Waals surface area (Å²) in [7, 11) is 1.67. The number of benzene rings is 4. The summed E-state index contributed by atoms with van der Waals surface area (Å²) in [5, 5.41) is 19.9. The van der Waals surface area contributed by atoms with E-state index in [0.29, 0.717) is 12.3 Å². The van der Waals surface area contributed by atoms with Gasteiger partial charge in [-0.15, -0.1) is 0 Å². The lowest BCUT2D eigenvalue weighted by atomic mass is 9.71. The second kappa shape index (κ2) is 12.9. The Labute approximate surface area is 256 Å². The van der Waals surface area contributed by atoms with E-state index in [9.17, 15) is 5.11 Å². The molecule has 5 aromatic rings. The molecule has 2 unspecified atom stereocenters. The Morgan fingerprint density at radius 2 is 1.64 bits per heavy atom. The Kier molecular flexibility index (Phi) is 8.86. The van der Waals surface area contributed by atoms with Crippen LogP contribution in [0, 0.1) is 0 Å². The van der Waals surface area contributed by atoms with Crippen LogP contribution in [-0.4, -0.2) is 54.8 Å². The van der Waals surface area contributed by atoms with Crippen molar-refractivity contribution < 1.29 is 9.84 Å². The molecule has 0 spiro atoms. The number of hydrogen-bond acceptors (Lipinski definition) is 5. The summed E-state index contributed by atoms with van der Waals surface area (Å²) in [4.78, 5) is 7.45. The summed E-state index contributed by atoms with van der Waals surface area (Å²) < 4.78 is 6.93. The van der Waals surface area contributed by atoms with Crippen molar-refractivity contribution >= 4 is 37.6 Å². The van der Waals surface area contributed by atoms with Crippen molar-refractivity contribution in [2.75, 3.05) is 39.8 Å². The molecule has 216 valence electrons. The third kappa shape index (κ3) is 6.09. The zero-order valence-electron chi connectivity index (χ0n) is 24.1. The first-order valence-electron chi connectivity index (χ1n) is 14.9. The highest BCUT2D eigenvalue weighted by Gasteiger charge is 2.42. The monoisotopic (exact) mass is 623 g/mol. The molecular weight excluding hydrogens is 586 g/mol. The first kappa shape index (κ1) is 28.8. The fourth-order valence-electron chi connectivity index (χ4n) is 6.45. The minimum atomic E-state index is -1.20. The van der Waals surface area contributed by atoms with E-state index in [1.807, 2.05) is 30.3 Å². The Bertz CT molecular complexity index is 1650. The average Bonchev–Trinajstić information content (AvgIpc) is 3.03. The molecule has 4 aromatic carbocycles. The average molecular weight is 625 g/mol. The Morgan fingerprint density at radius 3 is 2.43 bits per heavy atom. The number of aliphatic hydroxyl groups is 1. The topological polar surface area (TPSA) is 57.6 Å². The van der Waals surface area contributed by atoms with E-state index in [1.165, 1.54) is 0 Å². The van der Waals surface area contributed by atoms with Crippen molar-refractivity contribution in [3.8, 4) is 5.88 Å². The van der Waals surface area contributed by atoms with Gasteiger partial charge in [0.05, 0.1) is 12.6 Å². The number of methoxy groups -OCH3 is 1. The van der Waals surface area contributed by atoms with Gasteiger partial charge in [0.2, 0.25) is 5.88 Å². The first-order valence-corrected chi connectivity index (χ1v) is 15.7.